The van der Waals surface area contributed by atoms with E-state index < -0.39 is 0 Å². The molecule has 1 rings (SSSR count). The van der Waals surface area contributed by atoms with Crippen molar-refractivity contribution in [3.8, 4) is 0 Å². The minimum Gasteiger partial charge on any atom is -0.378 e. The second-order valence-electron chi connectivity index (χ2n) is 4.83. The van der Waals surface area contributed by atoms with Gasteiger partial charge in [-0.2, -0.15) is 0 Å². The topological polar surface area (TPSA) is 66.0 Å². The minimum absolute atomic E-state index is 0. The molecule has 1 saturated heterocycles. The normalized spacial score (nSPS) is 18.4. The average molecular weight is 398 g/mol. The van der Waals surface area contributed by atoms with Crippen molar-refractivity contribution in [3.63, 3.8) is 0 Å². The first kappa shape index (κ1) is 19.4. The maximum Gasteiger partial charge on any atom is 0.243 e. The lowest BCUT2D eigenvalue weighted by atomic mass is 10.2. The van der Waals surface area contributed by atoms with Crippen molar-refractivity contribution in [3.05, 3.63) is 0 Å². The van der Waals surface area contributed by atoms with Gasteiger partial charge in [0.1, 0.15) is 6.54 Å². The van der Waals surface area contributed by atoms with E-state index in [0.29, 0.717) is 12.1 Å². The third kappa shape index (κ3) is 7.88. The Morgan fingerprint density at radius 3 is 2.70 bits per heavy atom. The predicted octanol–water partition coefficient (Wildman–Crippen LogP) is 0.817. The minimum atomic E-state index is -0.00340. The van der Waals surface area contributed by atoms with E-state index in [-0.39, 0.29) is 36.4 Å². The standard InChI is InChI=1S/C13H26N4O2.HI/c1-4-14-13(16-10-12(18)17(2)3)15-8-7-11-6-5-9-19-11;/h11H,4-10H2,1-3H3,(H2,14,15,16);1H. The van der Waals surface area contributed by atoms with Crippen LogP contribution in [0.15, 0.2) is 4.99 Å². The number of guanidine groups is 1. The van der Waals surface area contributed by atoms with Crippen LogP contribution in [0.5, 0.6) is 0 Å². The zero-order chi connectivity index (χ0) is 14.1. The molecular formula is C13H27IN4O2. The number of likely N-dealkylation sites (N-methyl/N-ethyl adjacent to an activating group) is 1. The molecule has 1 amide bonds. The molecule has 0 radical (unpaired) electrons. The third-order valence-electron chi connectivity index (χ3n) is 3.00. The Balaban J connectivity index is 0.00000361. The molecule has 20 heavy (non-hydrogen) atoms. The van der Waals surface area contributed by atoms with Gasteiger partial charge in [0.2, 0.25) is 5.91 Å². The summed E-state index contributed by atoms with van der Waals surface area (Å²) >= 11 is 0. The number of carbonyl (C=O) groups is 1. The van der Waals surface area contributed by atoms with Gasteiger partial charge < -0.3 is 20.3 Å². The van der Waals surface area contributed by atoms with Crippen LogP contribution in [-0.4, -0.2) is 63.2 Å². The zero-order valence-corrected chi connectivity index (χ0v) is 15.0. The molecule has 118 valence electrons. The van der Waals surface area contributed by atoms with E-state index in [9.17, 15) is 4.79 Å². The molecule has 0 aromatic heterocycles. The number of nitrogens with zero attached hydrogens (tertiary/aromatic N) is 2. The van der Waals surface area contributed by atoms with Gasteiger partial charge in [-0.05, 0) is 26.2 Å². The SMILES string of the molecule is CCNC(=NCC(=O)N(C)C)NCCC1CCCO1.I. The van der Waals surface area contributed by atoms with Crippen LogP contribution in [0.3, 0.4) is 0 Å². The highest BCUT2D eigenvalue weighted by Crippen LogP contribution is 2.14. The average Bonchev–Trinajstić information content (AvgIpc) is 2.88. The van der Waals surface area contributed by atoms with E-state index in [1.54, 1.807) is 19.0 Å². The molecule has 0 aliphatic carbocycles. The summed E-state index contributed by atoms with van der Waals surface area (Å²) < 4.78 is 5.56. The summed E-state index contributed by atoms with van der Waals surface area (Å²) in [5, 5.41) is 6.36. The van der Waals surface area contributed by atoms with Crippen LogP contribution in [0.1, 0.15) is 26.2 Å². The molecule has 0 spiro atoms. The number of amides is 1. The Morgan fingerprint density at radius 2 is 2.15 bits per heavy atom. The number of aliphatic imine (C=N–C) groups is 1. The van der Waals surface area contributed by atoms with E-state index in [4.69, 9.17) is 4.74 Å². The molecular weight excluding hydrogens is 371 g/mol. The lowest BCUT2D eigenvalue weighted by Crippen LogP contribution is -2.39. The van der Waals surface area contributed by atoms with Gasteiger partial charge in [0.15, 0.2) is 5.96 Å². The summed E-state index contributed by atoms with van der Waals surface area (Å²) in [5.41, 5.74) is 0. The molecule has 7 heteroatoms. The van der Waals surface area contributed by atoms with Gasteiger partial charge in [-0.25, -0.2) is 4.99 Å². The number of halogens is 1. The van der Waals surface area contributed by atoms with Gasteiger partial charge in [0, 0.05) is 33.8 Å². The first-order valence-corrected chi connectivity index (χ1v) is 6.97. The van der Waals surface area contributed by atoms with Crippen molar-refractivity contribution < 1.29 is 9.53 Å². The summed E-state index contributed by atoms with van der Waals surface area (Å²) in [6.45, 7) is 4.65. The fourth-order valence-corrected chi connectivity index (χ4v) is 1.85. The lowest BCUT2D eigenvalue weighted by Gasteiger charge is -2.14. The van der Waals surface area contributed by atoms with E-state index in [1.807, 2.05) is 6.92 Å². The summed E-state index contributed by atoms with van der Waals surface area (Å²) in [7, 11) is 3.46. The van der Waals surface area contributed by atoms with Crippen LogP contribution >= 0.6 is 24.0 Å². The Bertz CT molecular complexity index is 305. The number of ether oxygens (including phenoxy) is 1. The maximum absolute atomic E-state index is 11.5. The van der Waals surface area contributed by atoms with Crippen LogP contribution in [0.2, 0.25) is 0 Å². The fraction of sp³-hybridized carbons (Fsp3) is 0.846. The van der Waals surface area contributed by atoms with Crippen molar-refractivity contribution in [2.75, 3.05) is 40.3 Å². The molecule has 0 saturated carbocycles. The van der Waals surface area contributed by atoms with Gasteiger partial charge in [-0.3, -0.25) is 4.79 Å². The van der Waals surface area contributed by atoms with Crippen LogP contribution in [0, 0.1) is 0 Å². The van der Waals surface area contributed by atoms with Crippen molar-refractivity contribution in [1.82, 2.24) is 15.5 Å². The Kier molecular flexibility index (Phi) is 10.8. The fourth-order valence-electron chi connectivity index (χ4n) is 1.85. The summed E-state index contributed by atoms with van der Waals surface area (Å²) in [6.07, 6.45) is 3.66. The largest absolute Gasteiger partial charge is 0.378 e. The molecule has 1 aliphatic heterocycles. The lowest BCUT2D eigenvalue weighted by molar-refractivity contribution is -0.127. The quantitative estimate of drug-likeness (QED) is 0.395. The number of hydrogen-bond donors (Lipinski definition) is 2. The summed E-state index contributed by atoms with van der Waals surface area (Å²) in [6, 6.07) is 0. The monoisotopic (exact) mass is 398 g/mol. The highest BCUT2D eigenvalue weighted by atomic mass is 127. The van der Waals surface area contributed by atoms with E-state index in [2.05, 4.69) is 15.6 Å². The molecule has 0 aromatic rings. The second-order valence-corrected chi connectivity index (χ2v) is 4.83. The Morgan fingerprint density at radius 1 is 1.40 bits per heavy atom. The first-order chi connectivity index (χ1) is 9.13. The van der Waals surface area contributed by atoms with Crippen molar-refractivity contribution >= 4 is 35.8 Å². The maximum atomic E-state index is 11.5. The van der Waals surface area contributed by atoms with Crippen molar-refractivity contribution in [2.24, 2.45) is 4.99 Å². The molecule has 1 aliphatic rings. The highest BCUT2D eigenvalue weighted by Gasteiger charge is 2.14. The van der Waals surface area contributed by atoms with Crippen molar-refractivity contribution in [1.29, 1.82) is 0 Å². The van der Waals surface area contributed by atoms with Gasteiger partial charge in [0.05, 0.1) is 6.10 Å². The summed E-state index contributed by atoms with van der Waals surface area (Å²) in [5.74, 6) is 0.687. The van der Waals surface area contributed by atoms with Crippen LogP contribution in [0.25, 0.3) is 0 Å². The van der Waals surface area contributed by atoms with E-state index >= 15 is 0 Å². The second kappa shape index (κ2) is 11.1. The molecule has 0 aromatic carbocycles. The Hall–Kier alpha value is -0.570. The van der Waals surface area contributed by atoms with E-state index in [0.717, 1.165) is 39.0 Å². The predicted molar refractivity (Wildman–Crippen MR) is 91.7 cm³/mol. The number of hydrogen-bond acceptors (Lipinski definition) is 3. The molecule has 1 fully saturated rings. The molecule has 6 nitrogen and oxygen atoms in total. The van der Waals surface area contributed by atoms with Crippen molar-refractivity contribution in [2.45, 2.75) is 32.3 Å². The molecule has 2 N–H and O–H groups in total. The number of nitrogens with one attached hydrogen (secondary N) is 2. The van der Waals surface area contributed by atoms with Crippen LogP contribution < -0.4 is 10.6 Å². The third-order valence-corrected chi connectivity index (χ3v) is 3.00. The number of carbonyl (C=O) groups excluding carboxylic acids is 1. The van der Waals surface area contributed by atoms with E-state index in [1.165, 1.54) is 0 Å². The molecule has 1 heterocycles. The Labute approximate surface area is 138 Å². The first-order valence-electron chi connectivity index (χ1n) is 6.97. The van der Waals surface area contributed by atoms with Gasteiger partial charge in [-0.15, -0.1) is 24.0 Å². The zero-order valence-electron chi connectivity index (χ0n) is 12.6. The summed E-state index contributed by atoms with van der Waals surface area (Å²) in [4.78, 5) is 17.3. The van der Waals surface area contributed by atoms with Crippen LogP contribution in [0.4, 0.5) is 0 Å². The highest BCUT2D eigenvalue weighted by molar-refractivity contribution is 14.0. The van der Waals surface area contributed by atoms with Gasteiger partial charge in [-0.1, -0.05) is 0 Å². The van der Waals surface area contributed by atoms with Gasteiger partial charge in [0.25, 0.3) is 0 Å². The molecule has 0 bridgehead atoms. The molecule has 1 unspecified atom stereocenters. The van der Waals surface area contributed by atoms with Gasteiger partial charge >= 0.3 is 0 Å². The van der Waals surface area contributed by atoms with Crippen LogP contribution in [-0.2, 0) is 9.53 Å². The number of rotatable bonds is 6. The smallest absolute Gasteiger partial charge is 0.243 e. The molecule has 1 atom stereocenters.